The molecule has 2 atom stereocenters. The van der Waals surface area contributed by atoms with Crippen molar-refractivity contribution in [2.45, 2.75) is 26.2 Å². The standard InChI is InChI=1S/C11H16O/c1-2-3-4-6-10-7-5-8-11(10)9-12/h4-7,9-11H,2-3,8H2,1H3/b6-4+. The summed E-state index contributed by atoms with van der Waals surface area (Å²) >= 11 is 0. The summed E-state index contributed by atoms with van der Waals surface area (Å²) in [5, 5.41) is 0. The zero-order valence-electron chi connectivity index (χ0n) is 7.57. The molecule has 2 unspecified atom stereocenters. The van der Waals surface area contributed by atoms with Crippen LogP contribution >= 0.6 is 0 Å². The van der Waals surface area contributed by atoms with E-state index in [2.05, 4.69) is 31.2 Å². The minimum Gasteiger partial charge on any atom is -0.303 e. The van der Waals surface area contributed by atoms with Crippen molar-refractivity contribution in [3.8, 4) is 0 Å². The molecule has 1 aliphatic carbocycles. The van der Waals surface area contributed by atoms with Crippen LogP contribution < -0.4 is 0 Å². The Morgan fingerprint density at radius 2 is 2.42 bits per heavy atom. The predicted octanol–water partition coefficient (Wildman–Crippen LogP) is 2.73. The first-order valence-electron chi connectivity index (χ1n) is 4.67. The Balaban J connectivity index is 2.39. The molecule has 0 bridgehead atoms. The molecule has 0 heterocycles. The molecule has 0 amide bonds. The van der Waals surface area contributed by atoms with Crippen molar-refractivity contribution in [2.75, 3.05) is 0 Å². The Hall–Kier alpha value is -0.850. The van der Waals surface area contributed by atoms with Gasteiger partial charge in [0.2, 0.25) is 0 Å². The summed E-state index contributed by atoms with van der Waals surface area (Å²) in [6.45, 7) is 2.16. The summed E-state index contributed by atoms with van der Waals surface area (Å²) < 4.78 is 0. The molecule has 0 radical (unpaired) electrons. The molecule has 1 heteroatoms. The minimum atomic E-state index is 0.207. The fourth-order valence-corrected chi connectivity index (χ4v) is 1.47. The number of allylic oxidation sites excluding steroid dienone is 4. The highest BCUT2D eigenvalue weighted by Crippen LogP contribution is 2.24. The van der Waals surface area contributed by atoms with Crippen LogP contribution in [0.25, 0.3) is 0 Å². The van der Waals surface area contributed by atoms with Crippen LogP contribution in [0.3, 0.4) is 0 Å². The number of rotatable bonds is 4. The van der Waals surface area contributed by atoms with Crippen LogP contribution in [0.4, 0.5) is 0 Å². The van der Waals surface area contributed by atoms with Gasteiger partial charge in [-0.1, -0.05) is 37.6 Å². The van der Waals surface area contributed by atoms with Gasteiger partial charge >= 0.3 is 0 Å². The molecule has 1 rings (SSSR count). The van der Waals surface area contributed by atoms with Crippen LogP contribution in [-0.2, 0) is 4.79 Å². The van der Waals surface area contributed by atoms with E-state index in [1.54, 1.807) is 0 Å². The summed E-state index contributed by atoms with van der Waals surface area (Å²) in [5.41, 5.74) is 0. The summed E-state index contributed by atoms with van der Waals surface area (Å²) in [7, 11) is 0. The lowest BCUT2D eigenvalue weighted by molar-refractivity contribution is -0.111. The number of carbonyl (C=O) groups excluding carboxylic acids is 1. The first-order valence-corrected chi connectivity index (χ1v) is 4.67. The Morgan fingerprint density at radius 1 is 1.58 bits per heavy atom. The number of unbranched alkanes of at least 4 members (excludes halogenated alkanes) is 1. The van der Waals surface area contributed by atoms with Gasteiger partial charge in [0.15, 0.2) is 0 Å². The Morgan fingerprint density at radius 3 is 3.08 bits per heavy atom. The average Bonchev–Trinajstić information content (AvgIpc) is 2.52. The van der Waals surface area contributed by atoms with E-state index in [-0.39, 0.29) is 5.92 Å². The lowest BCUT2D eigenvalue weighted by Crippen LogP contribution is -2.06. The molecular formula is C11H16O. The molecule has 66 valence electrons. The van der Waals surface area contributed by atoms with Crippen molar-refractivity contribution in [3.05, 3.63) is 24.3 Å². The average molecular weight is 164 g/mol. The third-order valence-electron chi connectivity index (χ3n) is 2.25. The van der Waals surface area contributed by atoms with Crippen molar-refractivity contribution >= 4 is 6.29 Å². The van der Waals surface area contributed by atoms with E-state index in [9.17, 15) is 4.79 Å². The highest BCUT2D eigenvalue weighted by Gasteiger charge is 2.18. The van der Waals surface area contributed by atoms with E-state index in [4.69, 9.17) is 0 Å². The van der Waals surface area contributed by atoms with E-state index in [1.807, 2.05) is 0 Å². The first kappa shape index (κ1) is 9.24. The summed E-state index contributed by atoms with van der Waals surface area (Å²) in [4.78, 5) is 10.6. The van der Waals surface area contributed by atoms with Crippen molar-refractivity contribution in [1.82, 2.24) is 0 Å². The van der Waals surface area contributed by atoms with Crippen LogP contribution in [0, 0.1) is 11.8 Å². The van der Waals surface area contributed by atoms with E-state index < -0.39 is 0 Å². The van der Waals surface area contributed by atoms with E-state index in [1.165, 1.54) is 6.42 Å². The fourth-order valence-electron chi connectivity index (χ4n) is 1.47. The molecule has 0 aliphatic heterocycles. The molecule has 0 N–H and O–H groups in total. The SMILES string of the molecule is CCC/C=C/C1C=CCC1C=O. The van der Waals surface area contributed by atoms with Gasteiger partial charge in [-0.3, -0.25) is 0 Å². The van der Waals surface area contributed by atoms with Gasteiger partial charge in [0.25, 0.3) is 0 Å². The number of aldehydes is 1. The van der Waals surface area contributed by atoms with Gasteiger partial charge in [-0.05, 0) is 12.8 Å². The lowest BCUT2D eigenvalue weighted by atomic mass is 9.96. The zero-order chi connectivity index (χ0) is 8.81. The maximum Gasteiger partial charge on any atom is 0.124 e. The summed E-state index contributed by atoms with van der Waals surface area (Å²) in [6, 6.07) is 0. The monoisotopic (exact) mass is 164 g/mol. The second-order valence-electron chi connectivity index (χ2n) is 3.26. The molecule has 1 aliphatic rings. The van der Waals surface area contributed by atoms with Crippen LogP contribution in [0.1, 0.15) is 26.2 Å². The summed E-state index contributed by atoms with van der Waals surface area (Å²) in [6.07, 6.45) is 12.9. The molecule has 0 aromatic rings. The highest BCUT2D eigenvalue weighted by atomic mass is 16.1. The van der Waals surface area contributed by atoms with E-state index in [0.717, 1.165) is 19.1 Å². The maximum atomic E-state index is 10.6. The quantitative estimate of drug-likeness (QED) is 0.461. The van der Waals surface area contributed by atoms with Crippen LogP contribution in [0.5, 0.6) is 0 Å². The molecular weight excluding hydrogens is 148 g/mol. The molecule has 0 saturated carbocycles. The lowest BCUT2D eigenvalue weighted by Gasteiger charge is -2.07. The Kier molecular flexibility index (Phi) is 3.78. The van der Waals surface area contributed by atoms with Gasteiger partial charge in [-0.15, -0.1) is 0 Å². The Labute approximate surface area is 74.2 Å². The third-order valence-corrected chi connectivity index (χ3v) is 2.25. The van der Waals surface area contributed by atoms with Crippen molar-refractivity contribution in [2.24, 2.45) is 11.8 Å². The van der Waals surface area contributed by atoms with Crippen LogP contribution in [0.2, 0.25) is 0 Å². The fraction of sp³-hybridized carbons (Fsp3) is 0.545. The first-order chi connectivity index (χ1) is 5.88. The van der Waals surface area contributed by atoms with Crippen molar-refractivity contribution in [3.63, 3.8) is 0 Å². The Bertz CT molecular complexity index is 191. The van der Waals surface area contributed by atoms with Gasteiger partial charge in [0, 0.05) is 11.8 Å². The largest absolute Gasteiger partial charge is 0.303 e. The van der Waals surface area contributed by atoms with E-state index in [0.29, 0.717) is 5.92 Å². The van der Waals surface area contributed by atoms with Gasteiger partial charge in [-0.2, -0.15) is 0 Å². The molecule has 0 saturated heterocycles. The smallest absolute Gasteiger partial charge is 0.124 e. The number of hydrogen-bond donors (Lipinski definition) is 0. The van der Waals surface area contributed by atoms with Crippen molar-refractivity contribution in [1.29, 1.82) is 0 Å². The third kappa shape index (κ3) is 2.33. The topological polar surface area (TPSA) is 17.1 Å². The van der Waals surface area contributed by atoms with Gasteiger partial charge in [-0.25, -0.2) is 0 Å². The molecule has 1 nitrogen and oxygen atoms in total. The van der Waals surface area contributed by atoms with Gasteiger partial charge in [0.1, 0.15) is 6.29 Å². The van der Waals surface area contributed by atoms with Gasteiger partial charge < -0.3 is 4.79 Å². The van der Waals surface area contributed by atoms with E-state index >= 15 is 0 Å². The zero-order valence-corrected chi connectivity index (χ0v) is 7.57. The molecule has 0 spiro atoms. The second-order valence-corrected chi connectivity index (χ2v) is 3.26. The predicted molar refractivity (Wildman–Crippen MR) is 50.8 cm³/mol. The van der Waals surface area contributed by atoms with Crippen molar-refractivity contribution < 1.29 is 4.79 Å². The molecule has 0 aromatic heterocycles. The van der Waals surface area contributed by atoms with Gasteiger partial charge in [0.05, 0.1) is 0 Å². The second kappa shape index (κ2) is 4.91. The normalized spacial score (nSPS) is 28.4. The molecule has 12 heavy (non-hydrogen) atoms. The van der Waals surface area contributed by atoms with Crippen LogP contribution in [-0.4, -0.2) is 6.29 Å². The number of hydrogen-bond acceptors (Lipinski definition) is 1. The molecule has 0 fully saturated rings. The minimum absolute atomic E-state index is 0.207. The maximum absolute atomic E-state index is 10.6. The number of carbonyl (C=O) groups is 1. The highest BCUT2D eigenvalue weighted by molar-refractivity contribution is 5.56. The molecule has 0 aromatic carbocycles. The summed E-state index contributed by atoms with van der Waals surface area (Å²) in [5.74, 6) is 0.576. The van der Waals surface area contributed by atoms with Crippen LogP contribution in [0.15, 0.2) is 24.3 Å².